The summed E-state index contributed by atoms with van der Waals surface area (Å²) in [5.74, 6) is -3.18. The minimum Gasteiger partial charge on any atom is -0.448 e. The zero-order valence-electron chi connectivity index (χ0n) is 9.59. The Morgan fingerprint density at radius 3 is 2.45 bits per heavy atom. The first kappa shape index (κ1) is 16.7. The van der Waals surface area contributed by atoms with Gasteiger partial charge in [-0.15, -0.1) is 0 Å². The number of esters is 1. The van der Waals surface area contributed by atoms with Gasteiger partial charge in [0.05, 0.1) is 5.56 Å². The van der Waals surface area contributed by atoms with Crippen molar-refractivity contribution in [2.45, 2.75) is 12.3 Å². The van der Waals surface area contributed by atoms with Gasteiger partial charge in [-0.25, -0.2) is 4.79 Å². The van der Waals surface area contributed by atoms with Gasteiger partial charge >= 0.3 is 12.1 Å². The first-order valence-electron chi connectivity index (χ1n) is 4.97. The first-order valence-corrected chi connectivity index (χ1v) is 6.96. The molecule has 0 heterocycles. The molecule has 0 saturated carbocycles. The van der Waals surface area contributed by atoms with Crippen LogP contribution in [0.25, 0.3) is 0 Å². The summed E-state index contributed by atoms with van der Waals surface area (Å²) >= 11 is 5.56. The maximum atomic E-state index is 12.5. The molecule has 0 spiro atoms. The quantitative estimate of drug-likeness (QED) is 0.676. The van der Waals surface area contributed by atoms with Gasteiger partial charge in [-0.2, -0.15) is 21.6 Å². The van der Waals surface area contributed by atoms with E-state index in [1.165, 1.54) is 12.1 Å². The molecule has 0 saturated heterocycles. The molecule has 0 amide bonds. The van der Waals surface area contributed by atoms with Crippen molar-refractivity contribution in [2.24, 2.45) is 0 Å². The summed E-state index contributed by atoms with van der Waals surface area (Å²) in [6.45, 7) is 0. The molecule has 1 aromatic carbocycles. The van der Waals surface area contributed by atoms with Crippen LogP contribution >= 0.6 is 11.6 Å². The Kier molecular flexibility index (Phi) is 5.00. The summed E-state index contributed by atoms with van der Waals surface area (Å²) in [6, 6.07) is 4.90. The van der Waals surface area contributed by atoms with Gasteiger partial charge in [-0.3, -0.25) is 4.55 Å². The minimum atomic E-state index is -5.13. The van der Waals surface area contributed by atoms with Gasteiger partial charge in [0, 0.05) is 5.02 Å². The molecule has 0 bridgehead atoms. The van der Waals surface area contributed by atoms with Crippen LogP contribution in [-0.2, 0) is 14.9 Å². The van der Waals surface area contributed by atoms with Crippen LogP contribution in [-0.4, -0.2) is 37.0 Å². The normalized spacial score (nSPS) is 13.8. The van der Waals surface area contributed by atoms with Crippen LogP contribution in [0.2, 0.25) is 5.02 Å². The molecule has 112 valence electrons. The van der Waals surface area contributed by atoms with Crippen LogP contribution in [0.3, 0.4) is 0 Å². The number of rotatable bonds is 4. The number of carbonyl (C=O) groups excluding carboxylic acids is 1. The van der Waals surface area contributed by atoms with Crippen molar-refractivity contribution >= 4 is 27.7 Å². The van der Waals surface area contributed by atoms with Crippen molar-refractivity contribution in [3.05, 3.63) is 34.9 Å². The van der Waals surface area contributed by atoms with Crippen molar-refractivity contribution < 1.29 is 35.7 Å². The van der Waals surface area contributed by atoms with Crippen molar-refractivity contribution in [1.29, 1.82) is 0 Å². The summed E-state index contributed by atoms with van der Waals surface area (Å²) in [4.78, 5) is 11.5. The molecule has 0 fully saturated rings. The van der Waals surface area contributed by atoms with E-state index in [0.717, 1.165) is 12.1 Å². The maximum Gasteiger partial charge on any atom is 0.426 e. The molecule has 20 heavy (non-hydrogen) atoms. The molecule has 10 heteroatoms. The van der Waals surface area contributed by atoms with Gasteiger partial charge in [-0.05, 0) is 18.2 Å². The highest BCUT2D eigenvalue weighted by Gasteiger charge is 2.45. The number of ether oxygens (including phenoxy) is 1. The van der Waals surface area contributed by atoms with Gasteiger partial charge in [0.2, 0.25) is 6.10 Å². The maximum absolute atomic E-state index is 12.5. The van der Waals surface area contributed by atoms with Crippen molar-refractivity contribution in [3.63, 3.8) is 0 Å². The number of benzene rings is 1. The van der Waals surface area contributed by atoms with Gasteiger partial charge in [0.1, 0.15) is 5.75 Å². The predicted molar refractivity (Wildman–Crippen MR) is 63.1 cm³/mol. The van der Waals surface area contributed by atoms with Gasteiger partial charge in [-0.1, -0.05) is 17.7 Å². The Bertz CT molecular complexity index is 599. The van der Waals surface area contributed by atoms with Gasteiger partial charge in [0.25, 0.3) is 10.1 Å². The molecule has 0 aliphatic carbocycles. The van der Waals surface area contributed by atoms with E-state index in [0.29, 0.717) is 0 Å². The molecule has 5 nitrogen and oxygen atoms in total. The van der Waals surface area contributed by atoms with Crippen molar-refractivity contribution in [1.82, 2.24) is 0 Å². The molecule has 1 rings (SSSR count). The second kappa shape index (κ2) is 5.98. The average molecular weight is 333 g/mol. The Labute approximate surface area is 117 Å². The van der Waals surface area contributed by atoms with Gasteiger partial charge in [0.15, 0.2) is 0 Å². The Morgan fingerprint density at radius 2 is 2.00 bits per heavy atom. The number of alkyl halides is 3. The Morgan fingerprint density at radius 1 is 1.40 bits per heavy atom. The Balaban J connectivity index is 2.93. The van der Waals surface area contributed by atoms with Crippen LogP contribution in [0, 0.1) is 0 Å². The molecule has 0 aliphatic heterocycles. The third-order valence-corrected chi connectivity index (χ3v) is 3.00. The van der Waals surface area contributed by atoms with E-state index in [4.69, 9.17) is 16.2 Å². The molecule has 1 unspecified atom stereocenters. The van der Waals surface area contributed by atoms with Crippen LogP contribution in [0.15, 0.2) is 24.3 Å². The van der Waals surface area contributed by atoms with Crippen LogP contribution in [0.5, 0.6) is 0 Å². The molecule has 1 atom stereocenters. The number of hydrogen-bond donors (Lipinski definition) is 1. The average Bonchev–Trinajstić information content (AvgIpc) is 2.25. The zero-order valence-corrected chi connectivity index (χ0v) is 11.2. The minimum absolute atomic E-state index is 0.0952. The summed E-state index contributed by atoms with van der Waals surface area (Å²) < 4.78 is 71.1. The van der Waals surface area contributed by atoms with E-state index in [-0.39, 0.29) is 10.6 Å². The topological polar surface area (TPSA) is 80.7 Å². The van der Waals surface area contributed by atoms with E-state index in [2.05, 4.69) is 4.74 Å². The van der Waals surface area contributed by atoms with E-state index >= 15 is 0 Å². The molecular formula is C10H8ClF3O5S. The zero-order chi connectivity index (χ0) is 15.6. The van der Waals surface area contributed by atoms with E-state index in [1.54, 1.807) is 0 Å². The summed E-state index contributed by atoms with van der Waals surface area (Å²) in [5, 5.41) is 0.0952. The van der Waals surface area contributed by atoms with Crippen LogP contribution in [0.1, 0.15) is 10.4 Å². The highest BCUT2D eigenvalue weighted by molar-refractivity contribution is 7.85. The molecule has 1 N–H and O–H groups in total. The molecule has 0 radical (unpaired) electrons. The second-order valence-corrected chi connectivity index (χ2v) is 5.63. The molecule has 0 aliphatic rings. The fourth-order valence-electron chi connectivity index (χ4n) is 1.20. The van der Waals surface area contributed by atoms with E-state index in [1.807, 2.05) is 0 Å². The van der Waals surface area contributed by atoms with Crippen molar-refractivity contribution in [3.8, 4) is 0 Å². The van der Waals surface area contributed by atoms with Crippen LogP contribution in [0.4, 0.5) is 13.2 Å². The van der Waals surface area contributed by atoms with E-state index < -0.39 is 34.1 Å². The van der Waals surface area contributed by atoms with Gasteiger partial charge < -0.3 is 4.74 Å². The fourth-order valence-corrected chi connectivity index (χ4v) is 2.03. The Hall–Kier alpha value is -1.32. The number of carbonyl (C=O) groups is 1. The largest absolute Gasteiger partial charge is 0.448 e. The highest BCUT2D eigenvalue weighted by Crippen LogP contribution is 2.25. The highest BCUT2D eigenvalue weighted by atomic mass is 35.5. The monoisotopic (exact) mass is 332 g/mol. The van der Waals surface area contributed by atoms with E-state index in [9.17, 15) is 26.4 Å². The third-order valence-electron chi connectivity index (χ3n) is 2.04. The lowest BCUT2D eigenvalue weighted by atomic mass is 10.2. The van der Waals surface area contributed by atoms with Crippen LogP contribution < -0.4 is 0 Å². The lowest BCUT2D eigenvalue weighted by Crippen LogP contribution is -2.39. The van der Waals surface area contributed by atoms with Crippen molar-refractivity contribution in [2.75, 3.05) is 5.75 Å². The first-order chi connectivity index (χ1) is 8.99. The second-order valence-electron chi connectivity index (χ2n) is 3.69. The molecule has 0 aromatic heterocycles. The lowest BCUT2D eigenvalue weighted by Gasteiger charge is -2.19. The predicted octanol–water partition coefficient (Wildman–Crippen LogP) is 2.32. The summed E-state index contributed by atoms with van der Waals surface area (Å²) in [6.07, 6.45) is -8.10. The summed E-state index contributed by atoms with van der Waals surface area (Å²) in [7, 11) is -4.97. The fraction of sp³-hybridized carbons (Fsp3) is 0.300. The number of halogens is 4. The SMILES string of the molecule is O=C(OC(CS(=O)(=O)O)C(F)(F)F)c1cccc(Cl)c1. The third kappa shape index (κ3) is 5.35. The number of hydrogen-bond acceptors (Lipinski definition) is 4. The molecular weight excluding hydrogens is 325 g/mol. The lowest BCUT2D eigenvalue weighted by molar-refractivity contribution is -0.197. The summed E-state index contributed by atoms with van der Waals surface area (Å²) in [5.41, 5.74) is -0.276. The molecule has 1 aromatic rings. The standard InChI is InChI=1S/C10H8ClF3O5S/c11-7-3-1-2-6(4-7)9(15)19-8(10(12,13)14)5-20(16,17)18/h1-4,8H,5H2,(H,16,17,18). The smallest absolute Gasteiger partial charge is 0.426 e.